The van der Waals surface area contributed by atoms with Crippen molar-refractivity contribution >= 4 is 28.8 Å². The molecule has 5 nitrogen and oxygen atoms in total. The van der Waals surface area contributed by atoms with Crippen LogP contribution >= 0.6 is 11.8 Å². The number of carbonyl (C=O) groups excluding carboxylic acids is 1. The summed E-state index contributed by atoms with van der Waals surface area (Å²) < 4.78 is 12.1. The number of hydrogen-bond acceptors (Lipinski definition) is 5. The third kappa shape index (κ3) is 3.37. The average molecular weight is 394 g/mol. The quantitative estimate of drug-likeness (QED) is 0.620. The van der Waals surface area contributed by atoms with Gasteiger partial charge in [0.2, 0.25) is 5.91 Å². The SMILES string of the molecule is O=C(CSc1nc2ccccc2o1)N1CCC2(CCc3ccccc3O2)CC1. The molecule has 28 heavy (non-hydrogen) atoms. The third-order valence-corrected chi connectivity index (χ3v) is 6.58. The normalized spacial score (nSPS) is 18.1. The van der Waals surface area contributed by atoms with E-state index in [1.165, 1.54) is 17.3 Å². The van der Waals surface area contributed by atoms with Gasteiger partial charge in [-0.15, -0.1) is 0 Å². The molecule has 0 radical (unpaired) electrons. The van der Waals surface area contributed by atoms with Gasteiger partial charge in [0, 0.05) is 25.9 Å². The van der Waals surface area contributed by atoms with E-state index in [9.17, 15) is 4.79 Å². The van der Waals surface area contributed by atoms with Gasteiger partial charge in [-0.3, -0.25) is 4.79 Å². The van der Waals surface area contributed by atoms with Crippen molar-refractivity contribution in [2.24, 2.45) is 0 Å². The number of nitrogens with zero attached hydrogens (tertiary/aromatic N) is 2. The summed E-state index contributed by atoms with van der Waals surface area (Å²) in [4.78, 5) is 19.0. The minimum atomic E-state index is -0.113. The van der Waals surface area contributed by atoms with Crippen molar-refractivity contribution in [1.82, 2.24) is 9.88 Å². The lowest BCUT2D eigenvalue weighted by Crippen LogP contribution is -2.51. The van der Waals surface area contributed by atoms with Gasteiger partial charge in [-0.2, -0.15) is 0 Å². The minimum absolute atomic E-state index is 0.113. The molecular formula is C22H22N2O3S. The topological polar surface area (TPSA) is 55.6 Å². The highest BCUT2D eigenvalue weighted by Gasteiger charge is 2.40. The van der Waals surface area contributed by atoms with E-state index >= 15 is 0 Å². The minimum Gasteiger partial charge on any atom is -0.487 e. The molecule has 0 N–H and O–H groups in total. The second kappa shape index (κ2) is 7.17. The fourth-order valence-corrected chi connectivity index (χ4v) is 4.84. The second-order valence-corrected chi connectivity index (χ2v) is 8.44. The molecule has 3 heterocycles. The standard InChI is InChI=1S/C22H22N2O3S/c25-20(15-28-21-23-17-6-2-4-8-19(17)26-21)24-13-11-22(12-14-24)10-9-16-5-1-3-7-18(16)27-22/h1-8H,9-15H2. The number of ether oxygens (including phenoxy) is 1. The first kappa shape index (κ1) is 17.6. The number of fused-ring (bicyclic) bond motifs is 2. The fourth-order valence-electron chi connectivity index (χ4n) is 4.10. The van der Waals surface area contributed by atoms with E-state index in [0.29, 0.717) is 11.0 Å². The predicted octanol–water partition coefficient (Wildman–Crippen LogP) is 4.31. The summed E-state index contributed by atoms with van der Waals surface area (Å²) in [6.07, 6.45) is 3.86. The van der Waals surface area contributed by atoms with E-state index in [1.807, 2.05) is 35.2 Å². The van der Waals surface area contributed by atoms with Crippen LogP contribution in [0.3, 0.4) is 0 Å². The number of likely N-dealkylation sites (tertiary alicyclic amines) is 1. The second-order valence-electron chi connectivity index (χ2n) is 7.51. The van der Waals surface area contributed by atoms with Crippen molar-refractivity contribution < 1.29 is 13.9 Å². The number of amides is 1. The molecule has 0 unspecified atom stereocenters. The highest BCUT2D eigenvalue weighted by atomic mass is 32.2. The monoisotopic (exact) mass is 394 g/mol. The molecule has 2 aliphatic rings. The molecule has 1 aromatic heterocycles. The van der Waals surface area contributed by atoms with Gasteiger partial charge >= 0.3 is 0 Å². The molecule has 5 rings (SSSR count). The van der Waals surface area contributed by atoms with Gasteiger partial charge in [0.1, 0.15) is 16.9 Å². The summed E-state index contributed by atoms with van der Waals surface area (Å²) in [5.74, 6) is 1.50. The van der Waals surface area contributed by atoms with E-state index < -0.39 is 0 Å². The maximum atomic E-state index is 12.7. The summed E-state index contributed by atoms with van der Waals surface area (Å²) in [7, 11) is 0. The maximum absolute atomic E-state index is 12.7. The molecule has 1 fully saturated rings. The molecule has 0 atom stereocenters. The molecule has 0 aliphatic carbocycles. The molecule has 3 aromatic rings. The lowest BCUT2D eigenvalue weighted by atomic mass is 9.83. The number of benzene rings is 2. The van der Waals surface area contributed by atoms with Crippen LogP contribution in [0.15, 0.2) is 58.2 Å². The number of aryl methyl sites for hydroxylation is 1. The molecule has 6 heteroatoms. The number of rotatable bonds is 3. The zero-order valence-corrected chi connectivity index (χ0v) is 16.4. The van der Waals surface area contributed by atoms with Gasteiger partial charge in [-0.05, 0) is 36.6 Å². The van der Waals surface area contributed by atoms with E-state index in [-0.39, 0.29) is 11.5 Å². The highest BCUT2D eigenvalue weighted by molar-refractivity contribution is 7.99. The summed E-state index contributed by atoms with van der Waals surface area (Å²) >= 11 is 1.37. The number of piperidine rings is 1. The van der Waals surface area contributed by atoms with Crippen LogP contribution in [0.4, 0.5) is 0 Å². The van der Waals surface area contributed by atoms with Crippen LogP contribution in [0.5, 0.6) is 5.75 Å². The Morgan fingerprint density at radius 3 is 2.71 bits per heavy atom. The Hall–Kier alpha value is -2.47. The summed E-state index contributed by atoms with van der Waals surface area (Å²) in [6, 6.07) is 15.9. The molecule has 0 bridgehead atoms. The highest BCUT2D eigenvalue weighted by Crippen LogP contribution is 2.39. The Kier molecular flexibility index (Phi) is 4.51. The van der Waals surface area contributed by atoms with Crippen LogP contribution in [0.1, 0.15) is 24.8 Å². The smallest absolute Gasteiger partial charge is 0.257 e. The Labute approximate surface area is 168 Å². The summed E-state index contributed by atoms with van der Waals surface area (Å²) in [5, 5.41) is 0.551. The van der Waals surface area contributed by atoms with E-state index in [4.69, 9.17) is 9.15 Å². The lowest BCUT2D eigenvalue weighted by Gasteiger charge is -2.44. The summed E-state index contributed by atoms with van der Waals surface area (Å²) in [5.41, 5.74) is 2.76. The Bertz CT molecular complexity index is 975. The first-order valence-corrected chi connectivity index (χ1v) is 10.7. The molecule has 2 aliphatic heterocycles. The number of carbonyl (C=O) groups is 1. The maximum Gasteiger partial charge on any atom is 0.257 e. The summed E-state index contributed by atoms with van der Waals surface area (Å²) in [6.45, 7) is 1.49. The Morgan fingerprint density at radius 2 is 1.86 bits per heavy atom. The lowest BCUT2D eigenvalue weighted by molar-refractivity contribution is -0.132. The van der Waals surface area contributed by atoms with Gasteiger partial charge in [0.05, 0.1) is 5.75 Å². The van der Waals surface area contributed by atoms with Crippen molar-refractivity contribution in [3.05, 3.63) is 54.1 Å². The van der Waals surface area contributed by atoms with Crippen molar-refractivity contribution in [2.45, 2.75) is 36.5 Å². The molecule has 1 saturated heterocycles. The van der Waals surface area contributed by atoms with Crippen LogP contribution < -0.4 is 4.74 Å². The van der Waals surface area contributed by atoms with Crippen molar-refractivity contribution in [2.75, 3.05) is 18.8 Å². The first-order valence-electron chi connectivity index (χ1n) is 9.74. The predicted molar refractivity (Wildman–Crippen MR) is 109 cm³/mol. The van der Waals surface area contributed by atoms with Crippen molar-refractivity contribution in [1.29, 1.82) is 0 Å². The van der Waals surface area contributed by atoms with Crippen molar-refractivity contribution in [3.63, 3.8) is 0 Å². The van der Waals surface area contributed by atoms with Gasteiger partial charge in [-0.1, -0.05) is 42.1 Å². The molecule has 1 spiro atoms. The third-order valence-electron chi connectivity index (χ3n) is 5.77. The number of thioether (sulfide) groups is 1. The molecular weight excluding hydrogens is 372 g/mol. The van der Waals surface area contributed by atoms with Crippen LogP contribution in [0.25, 0.3) is 11.1 Å². The van der Waals surface area contributed by atoms with Crippen LogP contribution in [-0.4, -0.2) is 40.2 Å². The van der Waals surface area contributed by atoms with E-state index in [0.717, 1.165) is 55.6 Å². The largest absolute Gasteiger partial charge is 0.487 e. The first-order chi connectivity index (χ1) is 13.7. The zero-order valence-electron chi connectivity index (χ0n) is 15.6. The Balaban J connectivity index is 1.17. The van der Waals surface area contributed by atoms with Crippen LogP contribution in [0, 0.1) is 0 Å². The van der Waals surface area contributed by atoms with Gasteiger partial charge in [-0.25, -0.2) is 4.98 Å². The van der Waals surface area contributed by atoms with E-state index in [1.54, 1.807) is 0 Å². The zero-order chi connectivity index (χ0) is 19.0. The number of para-hydroxylation sites is 3. The fraction of sp³-hybridized carbons (Fsp3) is 0.364. The molecule has 2 aromatic carbocycles. The number of aromatic nitrogens is 1. The van der Waals surface area contributed by atoms with Gasteiger partial charge in [0.15, 0.2) is 5.58 Å². The molecule has 0 saturated carbocycles. The van der Waals surface area contributed by atoms with E-state index in [2.05, 4.69) is 23.2 Å². The number of oxazole rings is 1. The van der Waals surface area contributed by atoms with Gasteiger partial charge < -0.3 is 14.1 Å². The van der Waals surface area contributed by atoms with Crippen LogP contribution in [-0.2, 0) is 11.2 Å². The molecule has 1 amide bonds. The Morgan fingerprint density at radius 1 is 1.07 bits per heavy atom. The average Bonchev–Trinajstić information content (AvgIpc) is 3.15. The molecule has 144 valence electrons. The van der Waals surface area contributed by atoms with Gasteiger partial charge in [0.25, 0.3) is 5.22 Å². The van der Waals surface area contributed by atoms with Crippen LogP contribution in [0.2, 0.25) is 0 Å². The number of hydrogen-bond donors (Lipinski definition) is 0. The van der Waals surface area contributed by atoms with Crippen molar-refractivity contribution in [3.8, 4) is 5.75 Å².